The van der Waals surface area contributed by atoms with E-state index in [-0.39, 0.29) is 0 Å². The molecule has 1 aliphatic heterocycles. The van der Waals surface area contributed by atoms with E-state index in [2.05, 4.69) is 23.2 Å². The van der Waals surface area contributed by atoms with E-state index in [1.54, 1.807) is 0 Å². The van der Waals surface area contributed by atoms with Crippen molar-refractivity contribution in [3.05, 3.63) is 23.7 Å². The number of likely N-dealkylation sites (N-methyl/N-ethyl adjacent to an activating group) is 1. The monoisotopic (exact) mass is 222 g/mol. The number of nitrogens with one attached hydrogen (secondary N) is 1. The number of hydrogen-bond acceptors (Lipinski definition) is 3. The third-order valence-corrected chi connectivity index (χ3v) is 3.38. The Kier molecular flexibility index (Phi) is 4.02. The van der Waals surface area contributed by atoms with Gasteiger partial charge in [-0.1, -0.05) is 6.92 Å². The second kappa shape index (κ2) is 5.51. The smallest absolute Gasteiger partial charge is 0.117 e. The van der Waals surface area contributed by atoms with Crippen LogP contribution >= 0.6 is 0 Å². The largest absolute Gasteiger partial charge is 0.465 e. The van der Waals surface area contributed by atoms with E-state index >= 15 is 0 Å². The molecule has 2 heterocycles. The number of hydrogen-bond donors (Lipinski definition) is 1. The molecule has 16 heavy (non-hydrogen) atoms. The number of rotatable bonds is 5. The van der Waals surface area contributed by atoms with Gasteiger partial charge in [-0.2, -0.15) is 0 Å². The molecule has 3 nitrogen and oxygen atoms in total. The van der Waals surface area contributed by atoms with Crippen molar-refractivity contribution in [1.29, 1.82) is 0 Å². The highest BCUT2D eigenvalue weighted by atomic mass is 16.3. The van der Waals surface area contributed by atoms with Gasteiger partial charge in [0.2, 0.25) is 0 Å². The molecule has 1 aromatic rings. The fourth-order valence-electron chi connectivity index (χ4n) is 2.48. The van der Waals surface area contributed by atoms with Gasteiger partial charge in [-0.3, -0.25) is 4.90 Å². The minimum Gasteiger partial charge on any atom is -0.465 e. The molecule has 1 aliphatic rings. The van der Waals surface area contributed by atoms with Gasteiger partial charge in [-0.25, -0.2) is 0 Å². The molecule has 1 N–H and O–H groups in total. The summed E-state index contributed by atoms with van der Waals surface area (Å²) in [6.45, 7) is 8.60. The summed E-state index contributed by atoms with van der Waals surface area (Å²) in [6.07, 6.45) is 2.68. The Morgan fingerprint density at radius 3 is 3.06 bits per heavy atom. The van der Waals surface area contributed by atoms with E-state index in [0.29, 0.717) is 0 Å². The summed E-state index contributed by atoms with van der Waals surface area (Å²) in [4.78, 5) is 2.56. The van der Waals surface area contributed by atoms with Gasteiger partial charge in [0.1, 0.15) is 11.5 Å². The van der Waals surface area contributed by atoms with E-state index in [1.165, 1.54) is 25.9 Å². The lowest BCUT2D eigenvalue weighted by molar-refractivity contribution is 0.258. The van der Waals surface area contributed by atoms with Gasteiger partial charge in [0.05, 0.1) is 6.54 Å². The number of furan rings is 1. The lowest BCUT2D eigenvalue weighted by Gasteiger charge is -2.22. The molecular weight excluding hydrogens is 200 g/mol. The molecule has 0 amide bonds. The molecule has 3 heteroatoms. The van der Waals surface area contributed by atoms with Crippen molar-refractivity contribution in [3.63, 3.8) is 0 Å². The average molecular weight is 222 g/mol. The predicted octanol–water partition coefficient (Wildman–Crippen LogP) is 2.16. The quantitative estimate of drug-likeness (QED) is 0.827. The van der Waals surface area contributed by atoms with Gasteiger partial charge < -0.3 is 9.73 Å². The molecule has 1 saturated heterocycles. The fourth-order valence-corrected chi connectivity index (χ4v) is 2.48. The number of nitrogens with zero attached hydrogens (tertiary/aromatic N) is 1. The minimum atomic E-state index is 0.723. The van der Waals surface area contributed by atoms with E-state index in [0.717, 1.165) is 30.7 Å². The van der Waals surface area contributed by atoms with Crippen LogP contribution in [0.3, 0.4) is 0 Å². The fraction of sp³-hybridized carbons (Fsp3) is 0.692. The van der Waals surface area contributed by atoms with Crippen LogP contribution in [0, 0.1) is 6.92 Å². The summed E-state index contributed by atoms with van der Waals surface area (Å²) in [5.41, 5.74) is 0. The Bertz CT molecular complexity index is 321. The molecule has 0 aromatic carbocycles. The molecule has 0 radical (unpaired) electrons. The third-order valence-electron chi connectivity index (χ3n) is 3.38. The van der Waals surface area contributed by atoms with Crippen LogP contribution in [-0.4, -0.2) is 30.6 Å². The summed E-state index contributed by atoms with van der Waals surface area (Å²) < 4.78 is 5.53. The second-order valence-electron chi connectivity index (χ2n) is 4.57. The van der Waals surface area contributed by atoms with Gasteiger partial charge in [0.15, 0.2) is 0 Å². The lowest BCUT2D eigenvalue weighted by atomic mass is 10.2. The highest BCUT2D eigenvalue weighted by molar-refractivity contribution is 5.05. The SMILES string of the molecule is CCN1CCC[C@H]1CNCc1ccc(C)o1. The first-order valence-corrected chi connectivity index (χ1v) is 6.29. The van der Waals surface area contributed by atoms with Crippen LogP contribution in [-0.2, 0) is 6.54 Å². The Morgan fingerprint density at radius 2 is 2.38 bits per heavy atom. The van der Waals surface area contributed by atoms with Crippen LogP contribution < -0.4 is 5.32 Å². The van der Waals surface area contributed by atoms with Crippen LogP contribution in [0.2, 0.25) is 0 Å². The molecule has 90 valence electrons. The maximum atomic E-state index is 5.53. The van der Waals surface area contributed by atoms with Crippen molar-refractivity contribution in [2.75, 3.05) is 19.6 Å². The first-order valence-electron chi connectivity index (χ1n) is 6.29. The molecule has 0 spiro atoms. The molecule has 0 saturated carbocycles. The van der Waals surface area contributed by atoms with Gasteiger partial charge in [0.25, 0.3) is 0 Å². The van der Waals surface area contributed by atoms with Crippen molar-refractivity contribution < 1.29 is 4.42 Å². The van der Waals surface area contributed by atoms with Gasteiger partial charge in [-0.05, 0) is 45.0 Å². The summed E-state index contributed by atoms with van der Waals surface area (Å²) in [6, 6.07) is 4.79. The molecule has 1 atom stereocenters. The molecule has 0 aliphatic carbocycles. The molecule has 0 unspecified atom stereocenters. The van der Waals surface area contributed by atoms with E-state index in [9.17, 15) is 0 Å². The Labute approximate surface area is 97.8 Å². The number of aryl methyl sites for hydroxylation is 1. The summed E-state index contributed by atoms with van der Waals surface area (Å²) in [7, 11) is 0. The van der Waals surface area contributed by atoms with Gasteiger partial charge in [-0.15, -0.1) is 0 Å². The zero-order valence-electron chi connectivity index (χ0n) is 10.3. The Hall–Kier alpha value is -0.800. The van der Waals surface area contributed by atoms with Crippen molar-refractivity contribution in [1.82, 2.24) is 10.2 Å². The van der Waals surface area contributed by atoms with Crippen molar-refractivity contribution in [3.8, 4) is 0 Å². The van der Waals surface area contributed by atoms with Gasteiger partial charge >= 0.3 is 0 Å². The van der Waals surface area contributed by atoms with Crippen LogP contribution in [0.5, 0.6) is 0 Å². The zero-order chi connectivity index (χ0) is 11.4. The van der Waals surface area contributed by atoms with Crippen molar-refractivity contribution in [2.45, 2.75) is 39.3 Å². The molecule has 2 rings (SSSR count). The second-order valence-corrected chi connectivity index (χ2v) is 4.57. The van der Waals surface area contributed by atoms with Crippen molar-refractivity contribution in [2.24, 2.45) is 0 Å². The van der Waals surface area contributed by atoms with Crippen LogP contribution in [0.25, 0.3) is 0 Å². The van der Waals surface area contributed by atoms with E-state index < -0.39 is 0 Å². The first-order chi connectivity index (χ1) is 7.79. The first kappa shape index (κ1) is 11.7. The predicted molar refractivity (Wildman–Crippen MR) is 65.4 cm³/mol. The maximum Gasteiger partial charge on any atom is 0.117 e. The van der Waals surface area contributed by atoms with Crippen LogP contribution in [0.15, 0.2) is 16.5 Å². The van der Waals surface area contributed by atoms with E-state index in [1.807, 2.05) is 13.0 Å². The van der Waals surface area contributed by atoms with Crippen molar-refractivity contribution >= 4 is 0 Å². The molecule has 0 bridgehead atoms. The Balaban J connectivity index is 1.71. The summed E-state index contributed by atoms with van der Waals surface area (Å²) in [5.74, 6) is 2.03. The van der Waals surface area contributed by atoms with Gasteiger partial charge in [0, 0.05) is 12.6 Å². The highest BCUT2D eigenvalue weighted by Gasteiger charge is 2.22. The topological polar surface area (TPSA) is 28.4 Å². The maximum absolute atomic E-state index is 5.53. The van der Waals surface area contributed by atoms with E-state index in [4.69, 9.17) is 4.42 Å². The van der Waals surface area contributed by atoms with Crippen LogP contribution in [0.1, 0.15) is 31.3 Å². The molecule has 1 fully saturated rings. The highest BCUT2D eigenvalue weighted by Crippen LogP contribution is 2.15. The molecular formula is C13H22N2O. The lowest BCUT2D eigenvalue weighted by Crippen LogP contribution is -2.37. The average Bonchev–Trinajstić information content (AvgIpc) is 2.87. The normalized spacial score (nSPS) is 21.8. The molecule has 1 aromatic heterocycles. The Morgan fingerprint density at radius 1 is 1.50 bits per heavy atom. The standard InChI is InChI=1S/C13H22N2O/c1-3-15-8-4-5-12(15)9-14-10-13-7-6-11(2)16-13/h6-7,12,14H,3-5,8-10H2,1-2H3/t12-/m0/s1. The minimum absolute atomic E-state index is 0.723. The zero-order valence-corrected chi connectivity index (χ0v) is 10.3. The third kappa shape index (κ3) is 2.86. The summed E-state index contributed by atoms with van der Waals surface area (Å²) in [5, 5.41) is 3.49. The summed E-state index contributed by atoms with van der Waals surface area (Å²) >= 11 is 0. The van der Waals surface area contributed by atoms with Crippen LogP contribution in [0.4, 0.5) is 0 Å². The number of likely N-dealkylation sites (tertiary alicyclic amines) is 1.